The summed E-state index contributed by atoms with van der Waals surface area (Å²) in [6, 6.07) is 6.57. The van der Waals surface area contributed by atoms with Crippen molar-refractivity contribution in [3.05, 3.63) is 69.1 Å². The largest absolute Gasteiger partial charge is 0.416 e. The number of halogens is 3. The topological polar surface area (TPSA) is 83.4 Å². The zero-order valence-corrected chi connectivity index (χ0v) is 20.4. The van der Waals surface area contributed by atoms with Gasteiger partial charge in [0.1, 0.15) is 0 Å². The Hall–Kier alpha value is -3.14. The highest BCUT2D eigenvalue weighted by molar-refractivity contribution is 5.96. The van der Waals surface area contributed by atoms with Gasteiger partial charge in [-0.25, -0.2) is 0 Å². The van der Waals surface area contributed by atoms with Crippen molar-refractivity contribution < 1.29 is 22.8 Å². The van der Waals surface area contributed by atoms with Crippen molar-refractivity contribution in [2.75, 3.05) is 19.6 Å². The van der Waals surface area contributed by atoms with Gasteiger partial charge in [-0.3, -0.25) is 19.3 Å². The highest BCUT2D eigenvalue weighted by Gasteiger charge is 2.35. The molecule has 194 valence electrons. The number of aromatic nitrogens is 1. The minimum Gasteiger partial charge on any atom is -0.349 e. The normalized spacial score (nSPS) is 21.0. The van der Waals surface area contributed by atoms with E-state index in [1.165, 1.54) is 11.6 Å². The molecule has 2 heterocycles. The quantitative estimate of drug-likeness (QED) is 0.634. The van der Waals surface area contributed by atoms with E-state index in [2.05, 4.69) is 15.5 Å². The Morgan fingerprint density at radius 1 is 1.08 bits per heavy atom. The number of aryl methyl sites for hydroxylation is 2. The lowest BCUT2D eigenvalue weighted by atomic mass is 9.80. The summed E-state index contributed by atoms with van der Waals surface area (Å²) in [4.78, 5) is 38.7. The first-order valence-electron chi connectivity index (χ1n) is 12.2. The Balaban J connectivity index is 1.18. The number of likely N-dealkylation sites (tertiary alicyclic amines) is 1. The molecule has 1 saturated heterocycles. The average Bonchev–Trinajstić information content (AvgIpc) is 2.82. The van der Waals surface area contributed by atoms with E-state index < -0.39 is 17.6 Å². The molecule has 1 aliphatic carbocycles. The summed E-state index contributed by atoms with van der Waals surface area (Å²) in [6.07, 6.45) is 1.63. The van der Waals surface area contributed by atoms with Gasteiger partial charge in [0.2, 0.25) is 5.91 Å². The second-order valence-corrected chi connectivity index (χ2v) is 9.86. The summed E-state index contributed by atoms with van der Waals surface area (Å²) >= 11 is 0. The third-order valence-corrected chi connectivity index (χ3v) is 7.20. The van der Waals surface area contributed by atoms with Crippen molar-refractivity contribution in [1.29, 1.82) is 0 Å². The molecule has 0 atom stereocenters. The summed E-state index contributed by atoms with van der Waals surface area (Å²) in [5, 5.41) is 5.26. The number of benzene rings is 1. The maximum absolute atomic E-state index is 12.8. The molecule has 36 heavy (non-hydrogen) atoms. The molecule has 0 spiro atoms. The Morgan fingerprint density at radius 3 is 2.42 bits per heavy atom. The predicted octanol–water partition coefficient (Wildman–Crippen LogP) is 2.97. The van der Waals surface area contributed by atoms with E-state index in [0.717, 1.165) is 62.5 Å². The molecular weight excluding hydrogens is 473 g/mol. The number of nitrogens with one attached hydrogen (secondary N) is 2. The highest BCUT2D eigenvalue weighted by Crippen LogP contribution is 2.36. The third-order valence-electron chi connectivity index (χ3n) is 7.20. The van der Waals surface area contributed by atoms with Crippen LogP contribution in [0.2, 0.25) is 0 Å². The summed E-state index contributed by atoms with van der Waals surface area (Å²) in [7, 11) is 1.79. The van der Waals surface area contributed by atoms with Crippen molar-refractivity contribution in [3.8, 4) is 0 Å². The maximum atomic E-state index is 12.8. The summed E-state index contributed by atoms with van der Waals surface area (Å²) in [5.41, 5.74) is 0.971. The summed E-state index contributed by atoms with van der Waals surface area (Å²) in [5.74, 6) is -0.644. The van der Waals surface area contributed by atoms with Crippen LogP contribution in [-0.2, 0) is 18.0 Å². The number of carbonyl (C=O) groups is 2. The van der Waals surface area contributed by atoms with E-state index in [4.69, 9.17) is 0 Å². The van der Waals surface area contributed by atoms with Crippen LogP contribution in [-0.4, -0.2) is 53.0 Å². The van der Waals surface area contributed by atoms with Crippen LogP contribution < -0.4 is 16.2 Å². The van der Waals surface area contributed by atoms with Crippen LogP contribution in [0, 0.1) is 6.92 Å². The predicted molar refractivity (Wildman–Crippen MR) is 129 cm³/mol. The van der Waals surface area contributed by atoms with Crippen LogP contribution in [0.1, 0.15) is 58.6 Å². The second-order valence-electron chi connectivity index (χ2n) is 9.86. The first-order chi connectivity index (χ1) is 17.0. The monoisotopic (exact) mass is 504 g/mol. The number of rotatable bonds is 6. The van der Waals surface area contributed by atoms with Crippen molar-refractivity contribution in [2.24, 2.45) is 7.05 Å². The molecule has 4 rings (SSSR count). The zero-order chi connectivity index (χ0) is 26.0. The van der Waals surface area contributed by atoms with E-state index in [1.807, 2.05) is 19.2 Å². The lowest BCUT2D eigenvalue weighted by Crippen LogP contribution is -2.63. The molecule has 2 N–H and O–H groups in total. The number of hydrogen-bond donors (Lipinski definition) is 2. The van der Waals surface area contributed by atoms with Crippen LogP contribution in [0.15, 0.2) is 41.3 Å². The van der Waals surface area contributed by atoms with Crippen LogP contribution in [0.5, 0.6) is 0 Å². The second kappa shape index (κ2) is 10.5. The molecule has 2 amide bonds. The van der Waals surface area contributed by atoms with E-state index in [1.54, 1.807) is 11.6 Å². The smallest absolute Gasteiger partial charge is 0.349 e. The summed E-state index contributed by atoms with van der Waals surface area (Å²) in [6.45, 7) is 3.03. The van der Waals surface area contributed by atoms with Crippen molar-refractivity contribution in [3.63, 3.8) is 0 Å². The Bertz CT molecular complexity index is 1150. The maximum Gasteiger partial charge on any atom is 0.416 e. The standard InChI is InChI=1S/C26H31F3N4O3/c1-16-10-19(13-32(2)25(16)36)17-6-8-22(9-7-17)33-14-21(15-33)31-23(34)12-30-24(35)18-4-3-5-20(11-18)26(27,28)29/h3-5,10-11,13,17,21-22H,6-9,12,14-15H2,1-2H3,(H,30,35)(H,31,34)/t17-,22+. The van der Waals surface area contributed by atoms with Crippen molar-refractivity contribution >= 4 is 11.8 Å². The molecular formula is C26H31F3N4O3. The van der Waals surface area contributed by atoms with E-state index >= 15 is 0 Å². The first-order valence-corrected chi connectivity index (χ1v) is 12.2. The Morgan fingerprint density at radius 2 is 1.78 bits per heavy atom. The van der Waals surface area contributed by atoms with Gasteiger partial charge >= 0.3 is 6.18 Å². The lowest BCUT2D eigenvalue weighted by molar-refractivity contribution is -0.137. The fourth-order valence-electron chi connectivity index (χ4n) is 5.19. The minimum atomic E-state index is -4.54. The molecule has 1 aromatic heterocycles. The molecule has 2 fully saturated rings. The highest BCUT2D eigenvalue weighted by atomic mass is 19.4. The zero-order valence-electron chi connectivity index (χ0n) is 20.4. The number of pyridine rings is 1. The molecule has 0 bridgehead atoms. The molecule has 1 aliphatic heterocycles. The van der Waals surface area contributed by atoms with Gasteiger partial charge in [0.15, 0.2) is 0 Å². The first kappa shape index (κ1) is 25.9. The van der Waals surface area contributed by atoms with Gasteiger partial charge in [0.05, 0.1) is 18.2 Å². The number of hydrogen-bond acceptors (Lipinski definition) is 4. The molecule has 1 saturated carbocycles. The molecule has 1 aromatic carbocycles. The van der Waals surface area contributed by atoms with Gasteiger partial charge in [0.25, 0.3) is 11.5 Å². The van der Waals surface area contributed by atoms with E-state index in [0.29, 0.717) is 12.0 Å². The third kappa shape index (κ3) is 5.98. The molecule has 7 nitrogen and oxygen atoms in total. The molecule has 2 aliphatic rings. The van der Waals surface area contributed by atoms with Gasteiger partial charge < -0.3 is 15.2 Å². The fourth-order valence-corrected chi connectivity index (χ4v) is 5.19. The van der Waals surface area contributed by atoms with Gasteiger partial charge in [-0.2, -0.15) is 13.2 Å². The van der Waals surface area contributed by atoms with Crippen molar-refractivity contribution in [1.82, 2.24) is 20.1 Å². The van der Waals surface area contributed by atoms with Gasteiger partial charge in [-0.1, -0.05) is 6.07 Å². The number of nitrogens with zero attached hydrogens (tertiary/aromatic N) is 2. The van der Waals surface area contributed by atoms with Crippen LogP contribution >= 0.6 is 0 Å². The van der Waals surface area contributed by atoms with Gasteiger partial charge in [0, 0.05) is 43.5 Å². The van der Waals surface area contributed by atoms with Crippen LogP contribution in [0.4, 0.5) is 13.2 Å². The minimum absolute atomic E-state index is 0.00743. The SMILES string of the molecule is Cc1cc([C@H]2CC[C@@H](N3CC(NC(=O)CNC(=O)c4cccc(C(F)(F)F)c4)C3)CC2)cn(C)c1=O. The lowest BCUT2D eigenvalue weighted by Gasteiger charge is -2.46. The Kier molecular flexibility index (Phi) is 7.54. The summed E-state index contributed by atoms with van der Waals surface area (Å²) < 4.78 is 40.1. The van der Waals surface area contributed by atoms with Crippen LogP contribution in [0.25, 0.3) is 0 Å². The molecule has 10 heteroatoms. The van der Waals surface area contributed by atoms with Crippen LogP contribution in [0.3, 0.4) is 0 Å². The van der Waals surface area contributed by atoms with Crippen molar-refractivity contribution in [2.45, 2.75) is 56.8 Å². The van der Waals surface area contributed by atoms with E-state index in [-0.39, 0.29) is 29.6 Å². The van der Waals surface area contributed by atoms with Gasteiger partial charge in [-0.05, 0) is 68.4 Å². The fraction of sp³-hybridized carbons (Fsp3) is 0.500. The molecule has 0 unspecified atom stereocenters. The van der Waals surface area contributed by atoms with Gasteiger partial charge in [-0.15, -0.1) is 0 Å². The number of carbonyl (C=O) groups excluding carboxylic acids is 2. The van der Waals surface area contributed by atoms with E-state index in [9.17, 15) is 27.6 Å². The number of alkyl halides is 3. The Labute approximate surface area is 207 Å². The molecule has 0 radical (unpaired) electrons. The number of amides is 2. The average molecular weight is 505 g/mol. The molecule has 2 aromatic rings.